The highest BCUT2D eigenvalue weighted by atomic mass is 31.2. The molecule has 1 N–H and O–H groups in total. The molecular formula is C57H101NO8P+. The second-order valence-corrected chi connectivity index (χ2v) is 20.3. The maximum atomic E-state index is 12.8. The minimum atomic E-state index is -4.40. The van der Waals surface area contributed by atoms with Crippen molar-refractivity contribution in [3.63, 3.8) is 0 Å². The summed E-state index contributed by atoms with van der Waals surface area (Å²) in [6, 6.07) is 0. The Balaban J connectivity index is 4.34. The number of carbonyl (C=O) groups is 2. The van der Waals surface area contributed by atoms with Crippen molar-refractivity contribution in [1.29, 1.82) is 0 Å². The topological polar surface area (TPSA) is 108 Å². The standard InChI is InChI=1S/C57H100NO8P/c1-6-8-10-12-14-16-18-20-22-24-26-28-29-30-32-34-36-38-40-42-44-46-48-50-57(60)66-55(54-65-67(61,62)64-52-51-58(3,4)5)53-63-56(59)49-47-45-43-41-39-37-35-33-31-27-25-23-21-19-17-15-13-11-9-7-2/h8,10,14,16,20,22,26,28,30,32,36,38,42,44,55H,6-7,9,11-13,15,17-19,21,23-25,27,29,31,33-35,37,39-41,43,45-54H2,1-5H3/p+1/b10-8-,16-14-,22-20-,28-26-,32-30-,38-36-,44-42-. The van der Waals surface area contributed by atoms with Gasteiger partial charge >= 0.3 is 19.8 Å². The highest BCUT2D eigenvalue weighted by Crippen LogP contribution is 2.43. The van der Waals surface area contributed by atoms with Crippen LogP contribution in [0.1, 0.15) is 213 Å². The number of carbonyl (C=O) groups excluding carboxylic acids is 2. The summed E-state index contributed by atoms with van der Waals surface area (Å²) >= 11 is 0. The summed E-state index contributed by atoms with van der Waals surface area (Å²) in [6.45, 7) is 4.26. The van der Waals surface area contributed by atoms with Crippen LogP contribution in [0, 0.1) is 0 Å². The number of unbranched alkanes of at least 4 members (excludes halogenated alkanes) is 20. The Hall–Kier alpha value is -2.81. The number of likely N-dealkylation sites (N-methyl/N-ethyl adjacent to an activating group) is 1. The largest absolute Gasteiger partial charge is 0.472 e. The van der Waals surface area contributed by atoms with Gasteiger partial charge in [-0.25, -0.2) is 4.57 Å². The molecule has 0 amide bonds. The monoisotopic (exact) mass is 959 g/mol. The normalized spacial score (nSPS) is 14.1. The number of rotatable bonds is 48. The Morgan fingerprint density at radius 3 is 1.25 bits per heavy atom. The predicted octanol–water partition coefficient (Wildman–Crippen LogP) is 16.3. The number of phosphoric acid groups is 1. The summed E-state index contributed by atoms with van der Waals surface area (Å²) in [4.78, 5) is 35.6. The number of nitrogens with zero attached hydrogens (tertiary/aromatic N) is 1. The summed E-state index contributed by atoms with van der Waals surface area (Å²) < 4.78 is 34.4. The molecule has 67 heavy (non-hydrogen) atoms. The van der Waals surface area contributed by atoms with Gasteiger partial charge in [0.05, 0.1) is 27.7 Å². The van der Waals surface area contributed by atoms with E-state index in [0.717, 1.165) is 64.2 Å². The van der Waals surface area contributed by atoms with Crippen LogP contribution < -0.4 is 0 Å². The zero-order chi connectivity index (χ0) is 49.2. The van der Waals surface area contributed by atoms with Crippen LogP contribution in [0.5, 0.6) is 0 Å². The number of esters is 2. The maximum absolute atomic E-state index is 12.8. The molecule has 0 aliphatic rings. The lowest BCUT2D eigenvalue weighted by molar-refractivity contribution is -0.870. The van der Waals surface area contributed by atoms with E-state index in [1.807, 2.05) is 27.2 Å². The molecule has 0 aromatic heterocycles. The second kappa shape index (κ2) is 48.2. The van der Waals surface area contributed by atoms with E-state index in [4.69, 9.17) is 18.5 Å². The van der Waals surface area contributed by atoms with Crippen LogP contribution in [0.3, 0.4) is 0 Å². The van der Waals surface area contributed by atoms with Gasteiger partial charge in [0.2, 0.25) is 0 Å². The molecule has 0 heterocycles. The van der Waals surface area contributed by atoms with E-state index in [1.54, 1.807) is 0 Å². The number of quaternary nitrogens is 1. The van der Waals surface area contributed by atoms with Crippen molar-refractivity contribution in [3.8, 4) is 0 Å². The van der Waals surface area contributed by atoms with Gasteiger partial charge < -0.3 is 18.9 Å². The van der Waals surface area contributed by atoms with Crippen LogP contribution in [0.15, 0.2) is 85.1 Å². The summed E-state index contributed by atoms with van der Waals surface area (Å²) in [5, 5.41) is 0. The van der Waals surface area contributed by atoms with Crippen molar-refractivity contribution in [2.45, 2.75) is 219 Å². The Morgan fingerprint density at radius 2 is 0.851 bits per heavy atom. The molecule has 0 saturated carbocycles. The van der Waals surface area contributed by atoms with Crippen molar-refractivity contribution in [3.05, 3.63) is 85.1 Å². The molecule has 0 bridgehead atoms. The van der Waals surface area contributed by atoms with Crippen LogP contribution in [-0.4, -0.2) is 74.9 Å². The molecule has 0 rings (SSSR count). The van der Waals surface area contributed by atoms with Gasteiger partial charge in [0.1, 0.15) is 19.8 Å². The van der Waals surface area contributed by atoms with Gasteiger partial charge in [-0.2, -0.15) is 0 Å². The molecule has 2 unspecified atom stereocenters. The summed E-state index contributed by atoms with van der Waals surface area (Å²) in [5.41, 5.74) is 0. The lowest BCUT2D eigenvalue weighted by atomic mass is 10.0. The van der Waals surface area contributed by atoms with E-state index >= 15 is 0 Å². The third kappa shape index (κ3) is 52.4. The highest BCUT2D eigenvalue weighted by molar-refractivity contribution is 7.47. The van der Waals surface area contributed by atoms with Gasteiger partial charge in [-0.1, -0.05) is 221 Å². The predicted molar refractivity (Wildman–Crippen MR) is 284 cm³/mol. The molecule has 9 nitrogen and oxygen atoms in total. The molecular weight excluding hydrogens is 858 g/mol. The Morgan fingerprint density at radius 1 is 0.478 bits per heavy atom. The first-order valence-electron chi connectivity index (χ1n) is 26.8. The number of ether oxygens (including phenoxy) is 2. The first-order valence-corrected chi connectivity index (χ1v) is 28.3. The number of allylic oxidation sites excluding steroid dienone is 14. The van der Waals surface area contributed by atoms with Crippen molar-refractivity contribution in [2.24, 2.45) is 0 Å². The third-order valence-corrected chi connectivity index (χ3v) is 12.2. The fourth-order valence-corrected chi connectivity index (χ4v) is 7.80. The van der Waals surface area contributed by atoms with Crippen LogP contribution >= 0.6 is 7.82 Å². The summed E-state index contributed by atoms with van der Waals surface area (Å²) in [6.07, 6.45) is 63.6. The fraction of sp³-hybridized carbons (Fsp3) is 0.719. The number of phosphoric ester groups is 1. The van der Waals surface area contributed by atoms with Gasteiger partial charge in [0, 0.05) is 12.8 Å². The molecule has 0 aromatic rings. The molecule has 0 aromatic carbocycles. The summed E-state index contributed by atoms with van der Waals surface area (Å²) in [7, 11) is 1.43. The van der Waals surface area contributed by atoms with E-state index in [0.29, 0.717) is 23.9 Å². The first-order chi connectivity index (χ1) is 32.5. The van der Waals surface area contributed by atoms with E-state index in [1.165, 1.54) is 109 Å². The van der Waals surface area contributed by atoms with Gasteiger partial charge in [-0.3, -0.25) is 18.6 Å². The van der Waals surface area contributed by atoms with Crippen LogP contribution in [0.25, 0.3) is 0 Å². The molecule has 0 saturated heterocycles. The third-order valence-electron chi connectivity index (χ3n) is 11.2. The number of hydrogen-bond acceptors (Lipinski definition) is 7. The van der Waals surface area contributed by atoms with Crippen molar-refractivity contribution in [2.75, 3.05) is 47.5 Å². The molecule has 0 aliphatic heterocycles. The van der Waals surface area contributed by atoms with Gasteiger partial charge in [0.15, 0.2) is 6.10 Å². The lowest BCUT2D eigenvalue weighted by Gasteiger charge is -2.24. The van der Waals surface area contributed by atoms with E-state index in [2.05, 4.69) is 92.8 Å². The highest BCUT2D eigenvalue weighted by Gasteiger charge is 2.27. The zero-order valence-electron chi connectivity index (χ0n) is 43.6. The van der Waals surface area contributed by atoms with Gasteiger partial charge in [-0.15, -0.1) is 0 Å². The molecule has 0 spiro atoms. The Bertz CT molecular complexity index is 1410. The second-order valence-electron chi connectivity index (χ2n) is 18.9. The molecule has 0 fully saturated rings. The average Bonchev–Trinajstić information content (AvgIpc) is 3.29. The SMILES string of the molecule is CC/C=C\C/C=C\C/C=C\C/C=C\C/C=C\C/C=C\C/C=C\CCCC(=O)OC(COC(=O)CCCCCCCCCCCCCCCCCCCCCC)COP(=O)(O)OCC[N+](C)(C)C. The van der Waals surface area contributed by atoms with E-state index < -0.39 is 26.5 Å². The van der Waals surface area contributed by atoms with Crippen LogP contribution in [0.2, 0.25) is 0 Å². The molecule has 0 radical (unpaired) electrons. The minimum Gasteiger partial charge on any atom is -0.462 e. The van der Waals surface area contributed by atoms with Crippen molar-refractivity contribution in [1.82, 2.24) is 0 Å². The summed E-state index contributed by atoms with van der Waals surface area (Å²) in [5.74, 6) is -0.866. The quantitative estimate of drug-likeness (QED) is 0.0211. The van der Waals surface area contributed by atoms with Crippen LogP contribution in [-0.2, 0) is 32.7 Å². The van der Waals surface area contributed by atoms with Gasteiger partial charge in [-0.05, 0) is 64.2 Å². The van der Waals surface area contributed by atoms with Crippen LogP contribution in [0.4, 0.5) is 0 Å². The van der Waals surface area contributed by atoms with Gasteiger partial charge in [0.25, 0.3) is 0 Å². The lowest BCUT2D eigenvalue weighted by Crippen LogP contribution is -2.37. The smallest absolute Gasteiger partial charge is 0.462 e. The average molecular weight is 959 g/mol. The van der Waals surface area contributed by atoms with Crippen molar-refractivity contribution >= 4 is 19.8 Å². The Labute approximate surface area is 411 Å². The van der Waals surface area contributed by atoms with E-state index in [9.17, 15) is 19.0 Å². The Kier molecular flexibility index (Phi) is 46.2. The molecule has 0 aliphatic carbocycles. The fourth-order valence-electron chi connectivity index (χ4n) is 7.06. The zero-order valence-corrected chi connectivity index (χ0v) is 44.5. The molecule has 2 atom stereocenters. The minimum absolute atomic E-state index is 0.0177. The molecule has 386 valence electrons. The van der Waals surface area contributed by atoms with E-state index in [-0.39, 0.29) is 32.0 Å². The first kappa shape index (κ1) is 64.2. The molecule has 10 heteroatoms. The van der Waals surface area contributed by atoms with Crippen molar-refractivity contribution < 1.29 is 42.1 Å². The number of hydrogen-bond donors (Lipinski definition) is 1. The maximum Gasteiger partial charge on any atom is 0.472 e.